The van der Waals surface area contributed by atoms with E-state index >= 15 is 0 Å². The van der Waals surface area contributed by atoms with Crippen molar-refractivity contribution in [3.05, 3.63) is 0 Å². The van der Waals surface area contributed by atoms with Crippen molar-refractivity contribution in [1.29, 1.82) is 0 Å². The first-order valence-corrected chi connectivity index (χ1v) is 4.99. The van der Waals surface area contributed by atoms with Gasteiger partial charge in [0.05, 0.1) is 6.61 Å². The smallest absolute Gasteiger partial charge is 1.00 e. The van der Waals surface area contributed by atoms with Gasteiger partial charge >= 0.3 is 41.5 Å². The molecule has 116 valence electrons. The molecule has 11 heteroatoms. The first-order chi connectivity index (χ1) is 8.22. The van der Waals surface area contributed by atoms with Crippen LogP contribution in [-0.4, -0.2) is 85.2 Å². The Balaban J connectivity index is -0.000000482. The maximum absolute atomic E-state index is 11.1. The maximum atomic E-state index is 11.1. The van der Waals surface area contributed by atoms with E-state index in [1.165, 1.54) is 0 Å². The molecule has 20 heavy (non-hydrogen) atoms. The fraction of sp³-hybridized carbons (Fsp3) is 0.778. The minimum Gasteiger partial charge on any atom is -1.00 e. The van der Waals surface area contributed by atoms with E-state index in [2.05, 4.69) is 4.74 Å². The Bertz CT molecular complexity index is 302. The van der Waals surface area contributed by atoms with Crippen molar-refractivity contribution < 1.29 is 81.4 Å². The number of carbonyl (C=O) groups is 2. The summed E-state index contributed by atoms with van der Waals surface area (Å²) in [5, 5.41) is 53.9. The molecule has 0 heterocycles. The molecule has 0 aliphatic rings. The summed E-state index contributed by atoms with van der Waals surface area (Å²) in [5.74, 6) is -2.94. The van der Waals surface area contributed by atoms with E-state index in [0.29, 0.717) is 0 Å². The van der Waals surface area contributed by atoms with Crippen LogP contribution >= 0.6 is 0 Å². The second kappa shape index (κ2) is 11.5. The van der Waals surface area contributed by atoms with Crippen LogP contribution in [0.25, 0.3) is 0 Å². The predicted molar refractivity (Wildman–Crippen MR) is 58.6 cm³/mol. The van der Waals surface area contributed by atoms with Crippen LogP contribution in [0.2, 0.25) is 0 Å². The number of carbonyl (C=O) groups excluding carboxylic acids is 2. The quantitative estimate of drug-likeness (QED) is 0.157. The van der Waals surface area contributed by atoms with Gasteiger partial charge in [-0.25, -0.2) is 9.59 Å². The molecule has 10 nitrogen and oxygen atoms in total. The van der Waals surface area contributed by atoms with Crippen molar-refractivity contribution in [3.8, 4) is 0 Å². The molecule has 1 unspecified atom stereocenters. The summed E-state index contributed by atoms with van der Waals surface area (Å²) in [6.45, 7) is 0.107. The molecule has 0 aromatic rings. The SMILES string of the molecule is CC(O)C(=O)OC(=O)[C@H](O)[C@@H](O)[C@H](O)[C@H](O)CO.O.[H-].[Na+]. The van der Waals surface area contributed by atoms with Gasteiger partial charge in [-0.1, -0.05) is 0 Å². The Labute approximate surface area is 137 Å². The molecule has 0 aliphatic heterocycles. The molecule has 0 bridgehead atoms. The van der Waals surface area contributed by atoms with Crippen LogP contribution in [0, 0.1) is 0 Å². The van der Waals surface area contributed by atoms with Crippen LogP contribution in [-0.2, 0) is 14.3 Å². The number of hydrogen-bond acceptors (Lipinski definition) is 9. The molecule has 5 atom stereocenters. The predicted octanol–water partition coefficient (Wildman–Crippen LogP) is -7.84. The molecule has 0 aliphatic carbocycles. The second-order valence-electron chi connectivity index (χ2n) is 3.59. The Morgan fingerprint density at radius 2 is 1.50 bits per heavy atom. The summed E-state index contributed by atoms with van der Waals surface area (Å²) in [6, 6.07) is 0. The Morgan fingerprint density at radius 3 is 1.85 bits per heavy atom. The van der Waals surface area contributed by atoms with Crippen LogP contribution in [0.4, 0.5) is 0 Å². The third kappa shape index (κ3) is 7.59. The van der Waals surface area contributed by atoms with Crippen molar-refractivity contribution >= 4 is 11.9 Å². The molecule has 8 N–H and O–H groups in total. The van der Waals surface area contributed by atoms with Gasteiger partial charge in [-0.2, -0.15) is 0 Å². The zero-order valence-corrected chi connectivity index (χ0v) is 13.0. The molecule has 0 fully saturated rings. The largest absolute Gasteiger partial charge is 1.00 e. The van der Waals surface area contributed by atoms with Gasteiger partial charge in [0.1, 0.15) is 24.4 Å². The van der Waals surface area contributed by atoms with Crippen molar-refractivity contribution in [3.63, 3.8) is 0 Å². The summed E-state index contributed by atoms with van der Waals surface area (Å²) >= 11 is 0. The minimum absolute atomic E-state index is 0. The first-order valence-electron chi connectivity index (χ1n) is 4.99. The van der Waals surface area contributed by atoms with Gasteiger partial charge in [0.25, 0.3) is 0 Å². The Morgan fingerprint density at radius 1 is 1.05 bits per heavy atom. The van der Waals surface area contributed by atoms with E-state index in [4.69, 9.17) is 15.3 Å². The van der Waals surface area contributed by atoms with Gasteiger partial charge < -0.3 is 42.3 Å². The zero-order valence-electron chi connectivity index (χ0n) is 12.0. The first kappa shape index (κ1) is 24.9. The molecule has 0 saturated carbocycles. The van der Waals surface area contributed by atoms with Gasteiger partial charge in [0.2, 0.25) is 0 Å². The normalized spacial score (nSPS) is 17.6. The molecule has 0 saturated heterocycles. The summed E-state index contributed by atoms with van der Waals surface area (Å²) < 4.78 is 3.97. The van der Waals surface area contributed by atoms with Crippen LogP contribution in [0.15, 0.2) is 0 Å². The average Bonchev–Trinajstić information content (AvgIpc) is 2.34. The fourth-order valence-corrected chi connectivity index (χ4v) is 0.907. The number of hydrogen-bond donors (Lipinski definition) is 6. The Kier molecular flexibility index (Phi) is 14.3. The van der Waals surface area contributed by atoms with Gasteiger partial charge in [0, 0.05) is 0 Å². The minimum atomic E-state index is -2.32. The molecule has 0 radical (unpaired) electrons. The summed E-state index contributed by atoms with van der Waals surface area (Å²) in [7, 11) is 0. The van der Waals surface area contributed by atoms with Gasteiger partial charge in [-0.05, 0) is 6.92 Å². The monoisotopic (exact) mass is 310 g/mol. The topological polar surface area (TPSA) is 196 Å². The molecule has 0 spiro atoms. The van der Waals surface area contributed by atoms with E-state index in [1.807, 2.05) is 0 Å². The van der Waals surface area contributed by atoms with E-state index < -0.39 is 49.1 Å². The molecule has 0 aromatic carbocycles. The van der Waals surface area contributed by atoms with Gasteiger partial charge in [-0.15, -0.1) is 0 Å². The number of esters is 2. The van der Waals surface area contributed by atoms with Gasteiger partial charge in [-0.3, -0.25) is 0 Å². The van der Waals surface area contributed by atoms with Crippen molar-refractivity contribution in [1.82, 2.24) is 0 Å². The van der Waals surface area contributed by atoms with E-state index in [-0.39, 0.29) is 36.5 Å². The summed E-state index contributed by atoms with van der Waals surface area (Å²) in [4.78, 5) is 21.9. The standard InChI is InChI=1S/C9H16O9.Na.H2O.H/c1-3(11)8(16)18-9(17)7(15)6(14)5(13)4(12)2-10;;;/h3-7,10-15H,2H2,1H3;;1H2;/q;+1;;-1/t3?,4-,5-,6+,7-;;;/m1.../s1. The fourth-order valence-electron chi connectivity index (χ4n) is 0.907. The van der Waals surface area contributed by atoms with Crippen LogP contribution in [0.1, 0.15) is 8.35 Å². The third-order valence-electron chi connectivity index (χ3n) is 2.04. The Hall–Kier alpha value is -0.140. The molecule has 0 rings (SSSR count). The second-order valence-corrected chi connectivity index (χ2v) is 3.59. The van der Waals surface area contributed by atoms with E-state index in [1.54, 1.807) is 0 Å². The number of aliphatic hydroxyl groups excluding tert-OH is 6. The summed E-state index contributed by atoms with van der Waals surface area (Å²) in [5.41, 5.74) is 0. The third-order valence-corrected chi connectivity index (χ3v) is 2.04. The van der Waals surface area contributed by atoms with Crippen molar-refractivity contribution in [2.75, 3.05) is 6.61 Å². The molecular formula is C9H19NaO10. The zero-order chi connectivity index (χ0) is 14.5. The van der Waals surface area contributed by atoms with Crippen LogP contribution in [0.5, 0.6) is 0 Å². The molecule has 0 aromatic heterocycles. The van der Waals surface area contributed by atoms with Crippen molar-refractivity contribution in [2.24, 2.45) is 0 Å². The van der Waals surface area contributed by atoms with Gasteiger partial charge in [0.15, 0.2) is 6.10 Å². The maximum Gasteiger partial charge on any atom is 1.00 e. The average molecular weight is 310 g/mol. The van der Waals surface area contributed by atoms with Crippen LogP contribution < -0.4 is 29.6 Å². The molecule has 0 amide bonds. The van der Waals surface area contributed by atoms with Crippen LogP contribution in [0.3, 0.4) is 0 Å². The number of ether oxygens (including phenoxy) is 1. The summed E-state index contributed by atoms with van der Waals surface area (Å²) in [6.07, 6.45) is -9.88. The number of rotatable bonds is 6. The van der Waals surface area contributed by atoms with Crippen molar-refractivity contribution in [2.45, 2.75) is 37.4 Å². The number of aliphatic hydroxyl groups is 6. The molecular weight excluding hydrogens is 291 g/mol. The van der Waals surface area contributed by atoms with E-state index in [9.17, 15) is 24.9 Å². The van der Waals surface area contributed by atoms with E-state index in [0.717, 1.165) is 6.92 Å².